The van der Waals surface area contributed by atoms with E-state index in [0.717, 1.165) is 16.5 Å². The normalized spacial score (nSPS) is 13.7. The highest BCUT2D eigenvalue weighted by atomic mass is 16.5. The van der Waals surface area contributed by atoms with Gasteiger partial charge in [-0.3, -0.25) is 9.59 Å². The van der Waals surface area contributed by atoms with E-state index in [-0.39, 0.29) is 12.3 Å². The minimum atomic E-state index is -0.851. The van der Waals surface area contributed by atoms with Crippen molar-refractivity contribution in [1.82, 2.24) is 15.6 Å². The van der Waals surface area contributed by atoms with Gasteiger partial charge in [0.05, 0.1) is 7.11 Å². The van der Waals surface area contributed by atoms with Gasteiger partial charge in [-0.2, -0.15) is 0 Å². The zero-order chi connectivity index (χ0) is 20.2. The first kappa shape index (κ1) is 20.5. The van der Waals surface area contributed by atoms with Gasteiger partial charge >= 0.3 is 5.97 Å². The number of esters is 1. The van der Waals surface area contributed by atoms with Crippen LogP contribution in [0.25, 0.3) is 10.9 Å². The van der Waals surface area contributed by atoms with Crippen LogP contribution >= 0.6 is 0 Å². The number of ether oxygens (including phenoxy) is 1. The van der Waals surface area contributed by atoms with Crippen LogP contribution in [0.1, 0.15) is 33.3 Å². The summed E-state index contributed by atoms with van der Waals surface area (Å²) in [4.78, 5) is 39.9. The van der Waals surface area contributed by atoms with Crippen LogP contribution in [-0.2, 0) is 25.5 Å². The van der Waals surface area contributed by atoms with Gasteiger partial charge in [-0.15, -0.1) is 0 Å². The van der Waals surface area contributed by atoms with Gasteiger partial charge in [0.15, 0.2) is 0 Å². The van der Waals surface area contributed by atoms with Crippen LogP contribution < -0.4 is 10.6 Å². The van der Waals surface area contributed by atoms with Crippen molar-refractivity contribution in [2.24, 2.45) is 5.41 Å². The molecule has 2 atom stereocenters. The van der Waals surface area contributed by atoms with Crippen molar-refractivity contribution in [3.63, 3.8) is 0 Å². The zero-order valence-corrected chi connectivity index (χ0v) is 16.4. The first-order chi connectivity index (χ1) is 12.6. The number of para-hydroxylation sites is 1. The lowest BCUT2D eigenvalue weighted by Gasteiger charge is -2.23. The molecule has 2 amide bonds. The molecule has 0 aliphatic carbocycles. The third kappa shape index (κ3) is 5.09. The maximum atomic E-state index is 12.5. The van der Waals surface area contributed by atoms with Crippen molar-refractivity contribution in [1.29, 1.82) is 0 Å². The molecule has 7 heteroatoms. The Kier molecular flexibility index (Phi) is 6.25. The number of hydrogen-bond acceptors (Lipinski definition) is 4. The number of benzene rings is 1. The SMILES string of the molecule is COC(=O)C(Cc1c[nH]c2ccccc12)NC(=O)C(C)NC(=O)C(C)(C)C. The molecule has 1 aromatic heterocycles. The third-order valence-electron chi connectivity index (χ3n) is 4.32. The highest BCUT2D eigenvalue weighted by molar-refractivity contribution is 5.92. The van der Waals surface area contributed by atoms with Gasteiger partial charge in [0.1, 0.15) is 12.1 Å². The van der Waals surface area contributed by atoms with E-state index < -0.39 is 29.4 Å². The summed E-state index contributed by atoms with van der Waals surface area (Å²) < 4.78 is 4.84. The fourth-order valence-electron chi connectivity index (χ4n) is 2.63. The molecule has 2 aromatic rings. The summed E-state index contributed by atoms with van der Waals surface area (Å²) in [7, 11) is 1.28. The molecule has 0 aliphatic heterocycles. The predicted molar refractivity (Wildman–Crippen MR) is 103 cm³/mol. The average Bonchev–Trinajstić information content (AvgIpc) is 3.02. The Labute approximate surface area is 158 Å². The Morgan fingerprint density at radius 2 is 1.81 bits per heavy atom. The number of nitrogens with one attached hydrogen (secondary N) is 3. The number of rotatable bonds is 6. The zero-order valence-electron chi connectivity index (χ0n) is 16.4. The second-order valence-electron chi connectivity index (χ2n) is 7.59. The molecule has 0 bridgehead atoms. The van der Waals surface area contributed by atoms with Crippen LogP contribution in [0.5, 0.6) is 0 Å². The maximum Gasteiger partial charge on any atom is 0.328 e. The largest absolute Gasteiger partial charge is 0.467 e. The molecular formula is C20H27N3O4. The predicted octanol–water partition coefficient (Wildman–Crippen LogP) is 1.92. The molecule has 0 aliphatic rings. The number of H-pyrrole nitrogens is 1. The van der Waals surface area contributed by atoms with Crippen molar-refractivity contribution in [3.05, 3.63) is 36.0 Å². The van der Waals surface area contributed by atoms with Gasteiger partial charge < -0.3 is 20.4 Å². The molecule has 0 fully saturated rings. The highest BCUT2D eigenvalue weighted by Crippen LogP contribution is 2.19. The number of aromatic nitrogens is 1. The molecule has 2 unspecified atom stereocenters. The van der Waals surface area contributed by atoms with Gasteiger partial charge in [-0.05, 0) is 18.6 Å². The van der Waals surface area contributed by atoms with Crippen LogP contribution in [0.2, 0.25) is 0 Å². The van der Waals surface area contributed by atoms with Gasteiger partial charge in [0, 0.05) is 28.9 Å². The summed E-state index contributed by atoms with van der Waals surface area (Å²) in [5, 5.41) is 6.33. The molecule has 7 nitrogen and oxygen atoms in total. The number of amides is 2. The molecule has 0 saturated heterocycles. The van der Waals surface area contributed by atoms with Gasteiger partial charge in [0.2, 0.25) is 11.8 Å². The lowest BCUT2D eigenvalue weighted by molar-refractivity contribution is -0.145. The summed E-state index contributed by atoms with van der Waals surface area (Å²) in [6.45, 7) is 6.88. The van der Waals surface area contributed by atoms with E-state index in [4.69, 9.17) is 4.74 Å². The number of carbonyl (C=O) groups is 3. The molecule has 1 aromatic carbocycles. The number of fused-ring (bicyclic) bond motifs is 1. The fourth-order valence-corrected chi connectivity index (χ4v) is 2.63. The number of carbonyl (C=O) groups excluding carboxylic acids is 3. The topological polar surface area (TPSA) is 100 Å². The summed E-state index contributed by atoms with van der Waals surface area (Å²) in [5.74, 6) is -1.22. The van der Waals surface area contributed by atoms with E-state index in [1.54, 1.807) is 27.7 Å². The molecular weight excluding hydrogens is 346 g/mol. The molecule has 0 radical (unpaired) electrons. The van der Waals surface area contributed by atoms with Crippen LogP contribution in [0.3, 0.4) is 0 Å². The van der Waals surface area contributed by atoms with Crippen molar-refractivity contribution in [2.75, 3.05) is 7.11 Å². The third-order valence-corrected chi connectivity index (χ3v) is 4.32. The van der Waals surface area contributed by atoms with Gasteiger partial charge in [0.25, 0.3) is 0 Å². The summed E-state index contributed by atoms with van der Waals surface area (Å²) in [6.07, 6.45) is 2.10. The smallest absolute Gasteiger partial charge is 0.328 e. The summed E-state index contributed by atoms with van der Waals surface area (Å²) in [5.41, 5.74) is 1.24. The maximum absolute atomic E-state index is 12.5. The van der Waals surface area contributed by atoms with Crippen LogP contribution in [0.4, 0.5) is 0 Å². The standard InChI is InChI=1S/C20H27N3O4/c1-12(22-19(26)20(2,3)4)17(24)23-16(18(25)27-5)10-13-11-21-15-9-7-6-8-14(13)15/h6-9,11-12,16,21H,10H2,1-5H3,(H,22,26)(H,23,24). The molecule has 3 N–H and O–H groups in total. The Bertz CT molecular complexity index is 835. The van der Waals surface area contributed by atoms with Crippen LogP contribution in [-0.4, -0.2) is 42.0 Å². The number of aromatic amines is 1. The van der Waals surface area contributed by atoms with Crippen molar-refractivity contribution in [3.8, 4) is 0 Å². The second-order valence-corrected chi connectivity index (χ2v) is 7.59. The van der Waals surface area contributed by atoms with E-state index in [9.17, 15) is 14.4 Å². The van der Waals surface area contributed by atoms with Crippen molar-refractivity contribution < 1.29 is 19.1 Å². The van der Waals surface area contributed by atoms with E-state index in [0.29, 0.717) is 0 Å². The first-order valence-electron chi connectivity index (χ1n) is 8.87. The fraction of sp³-hybridized carbons (Fsp3) is 0.450. The Hall–Kier alpha value is -2.83. The van der Waals surface area contributed by atoms with E-state index in [2.05, 4.69) is 15.6 Å². The summed E-state index contributed by atoms with van der Waals surface area (Å²) >= 11 is 0. The van der Waals surface area contributed by atoms with Crippen LogP contribution in [0, 0.1) is 5.41 Å². The van der Waals surface area contributed by atoms with E-state index in [1.165, 1.54) is 7.11 Å². The Morgan fingerprint density at radius 1 is 1.15 bits per heavy atom. The molecule has 0 saturated carbocycles. The quantitative estimate of drug-likeness (QED) is 0.674. The lowest BCUT2D eigenvalue weighted by Crippen LogP contribution is -2.52. The van der Waals surface area contributed by atoms with E-state index in [1.807, 2.05) is 30.5 Å². The van der Waals surface area contributed by atoms with Gasteiger partial charge in [-0.25, -0.2) is 4.79 Å². The van der Waals surface area contributed by atoms with Crippen LogP contribution in [0.15, 0.2) is 30.5 Å². The molecule has 27 heavy (non-hydrogen) atoms. The monoisotopic (exact) mass is 373 g/mol. The minimum absolute atomic E-state index is 0.239. The average molecular weight is 373 g/mol. The second kappa shape index (κ2) is 8.24. The molecule has 0 spiro atoms. The molecule has 146 valence electrons. The van der Waals surface area contributed by atoms with Gasteiger partial charge in [-0.1, -0.05) is 39.0 Å². The number of hydrogen-bond donors (Lipinski definition) is 3. The Balaban J connectivity index is 2.11. The van der Waals surface area contributed by atoms with Crippen molar-refractivity contribution >= 4 is 28.7 Å². The van der Waals surface area contributed by atoms with Crippen molar-refractivity contribution in [2.45, 2.75) is 46.2 Å². The van der Waals surface area contributed by atoms with E-state index >= 15 is 0 Å². The molecule has 1 heterocycles. The molecule has 2 rings (SSSR count). The number of methoxy groups -OCH3 is 1. The lowest BCUT2D eigenvalue weighted by atomic mass is 9.95. The minimum Gasteiger partial charge on any atom is -0.467 e. The highest BCUT2D eigenvalue weighted by Gasteiger charge is 2.28. The Morgan fingerprint density at radius 3 is 2.44 bits per heavy atom. The summed E-state index contributed by atoms with van der Waals surface area (Å²) in [6, 6.07) is 6.10. The first-order valence-corrected chi connectivity index (χ1v) is 8.87.